The lowest BCUT2D eigenvalue weighted by atomic mass is 10.2. The molecule has 1 aliphatic heterocycles. The van der Waals surface area contributed by atoms with Gasteiger partial charge in [-0.1, -0.05) is 42.1 Å². The van der Waals surface area contributed by atoms with Crippen LogP contribution in [0.5, 0.6) is 0 Å². The third kappa shape index (κ3) is 2.76. The summed E-state index contributed by atoms with van der Waals surface area (Å²) in [6.07, 6.45) is 0. The number of carbonyl (C=O) groups is 2. The van der Waals surface area contributed by atoms with E-state index in [1.54, 1.807) is 0 Å². The normalized spacial score (nSPS) is 19.2. The molecule has 2 N–H and O–H groups in total. The number of amides is 2. The molecule has 1 unspecified atom stereocenters. The van der Waals surface area contributed by atoms with E-state index in [2.05, 4.69) is 10.6 Å². The Hall–Kier alpha value is -1.49. The van der Waals surface area contributed by atoms with E-state index in [1.165, 1.54) is 0 Å². The summed E-state index contributed by atoms with van der Waals surface area (Å²) in [4.78, 5) is 22.5. The summed E-state index contributed by atoms with van der Waals surface area (Å²) in [7, 11) is 0. The molecule has 1 aromatic carbocycles. The average Bonchev–Trinajstić information content (AvgIpc) is 2.74. The van der Waals surface area contributed by atoms with Crippen LogP contribution in [0, 0.1) is 0 Å². The van der Waals surface area contributed by atoms with E-state index in [9.17, 15) is 9.59 Å². The molecule has 0 aromatic heterocycles. The van der Waals surface area contributed by atoms with Crippen molar-refractivity contribution < 1.29 is 9.59 Å². The Morgan fingerprint density at radius 3 is 2.81 bits per heavy atom. The molecular weight excluding hydrogens is 224 g/mol. The standard InChI is InChI=1S/C11H12N2O2S/c14-10(9-7-16-11(15)13-9)12-6-8-4-2-1-3-5-8/h1-5,9H,6-7H2,(H,12,14)(H,13,15). The van der Waals surface area contributed by atoms with Crippen LogP contribution in [0.3, 0.4) is 0 Å². The second kappa shape index (κ2) is 5.03. The van der Waals surface area contributed by atoms with Gasteiger partial charge in [0.15, 0.2) is 0 Å². The Morgan fingerprint density at radius 2 is 2.19 bits per heavy atom. The molecule has 1 saturated heterocycles. The van der Waals surface area contributed by atoms with Crippen LogP contribution < -0.4 is 10.6 Å². The topological polar surface area (TPSA) is 58.2 Å². The molecule has 1 aliphatic rings. The van der Waals surface area contributed by atoms with Gasteiger partial charge in [-0.25, -0.2) is 0 Å². The highest BCUT2D eigenvalue weighted by molar-refractivity contribution is 8.14. The molecule has 1 atom stereocenters. The van der Waals surface area contributed by atoms with Crippen molar-refractivity contribution in [3.63, 3.8) is 0 Å². The number of thioether (sulfide) groups is 1. The van der Waals surface area contributed by atoms with Gasteiger partial charge < -0.3 is 10.6 Å². The second-order valence-electron chi connectivity index (χ2n) is 3.50. The first-order valence-electron chi connectivity index (χ1n) is 5.00. The van der Waals surface area contributed by atoms with Crippen LogP contribution in [0.25, 0.3) is 0 Å². The molecule has 1 heterocycles. The smallest absolute Gasteiger partial charge is 0.279 e. The van der Waals surface area contributed by atoms with E-state index < -0.39 is 0 Å². The van der Waals surface area contributed by atoms with Gasteiger partial charge in [0.25, 0.3) is 5.24 Å². The number of rotatable bonds is 3. The van der Waals surface area contributed by atoms with Crippen molar-refractivity contribution in [2.24, 2.45) is 0 Å². The van der Waals surface area contributed by atoms with Gasteiger partial charge in [-0.2, -0.15) is 0 Å². The Balaban J connectivity index is 1.82. The van der Waals surface area contributed by atoms with E-state index in [4.69, 9.17) is 0 Å². The molecule has 16 heavy (non-hydrogen) atoms. The molecule has 0 saturated carbocycles. The first-order valence-corrected chi connectivity index (χ1v) is 5.99. The second-order valence-corrected chi connectivity index (χ2v) is 4.49. The predicted molar refractivity (Wildman–Crippen MR) is 63.1 cm³/mol. The SMILES string of the molecule is O=C1NC(C(=O)NCc2ccccc2)CS1. The van der Waals surface area contributed by atoms with Crippen LogP contribution >= 0.6 is 11.8 Å². The van der Waals surface area contributed by atoms with Crippen LogP contribution in [-0.2, 0) is 11.3 Å². The van der Waals surface area contributed by atoms with Gasteiger partial charge in [-0.3, -0.25) is 9.59 Å². The Morgan fingerprint density at radius 1 is 1.44 bits per heavy atom. The summed E-state index contributed by atoms with van der Waals surface area (Å²) in [6.45, 7) is 0.497. The van der Waals surface area contributed by atoms with Crippen molar-refractivity contribution in [2.75, 3.05) is 5.75 Å². The fraction of sp³-hybridized carbons (Fsp3) is 0.273. The van der Waals surface area contributed by atoms with E-state index in [0.717, 1.165) is 17.3 Å². The summed E-state index contributed by atoms with van der Waals surface area (Å²) in [6, 6.07) is 9.29. The van der Waals surface area contributed by atoms with Gasteiger partial charge in [-0.15, -0.1) is 0 Å². The fourth-order valence-electron chi connectivity index (χ4n) is 1.43. The molecule has 0 spiro atoms. The molecule has 4 nitrogen and oxygen atoms in total. The van der Waals surface area contributed by atoms with Crippen molar-refractivity contribution in [3.05, 3.63) is 35.9 Å². The minimum atomic E-state index is -0.388. The van der Waals surface area contributed by atoms with Crippen molar-refractivity contribution in [1.82, 2.24) is 10.6 Å². The van der Waals surface area contributed by atoms with Gasteiger partial charge in [0.1, 0.15) is 6.04 Å². The van der Waals surface area contributed by atoms with E-state index >= 15 is 0 Å². The zero-order valence-corrected chi connectivity index (χ0v) is 9.42. The maximum Gasteiger partial charge on any atom is 0.279 e. The Labute approximate surface area is 97.8 Å². The molecule has 0 radical (unpaired) electrons. The molecule has 0 aliphatic carbocycles. The quantitative estimate of drug-likeness (QED) is 0.827. The Bertz CT molecular complexity index is 394. The van der Waals surface area contributed by atoms with Crippen LogP contribution in [0.4, 0.5) is 4.79 Å². The molecule has 1 aromatic rings. The summed E-state index contributed by atoms with van der Waals surface area (Å²) in [5.74, 6) is 0.390. The summed E-state index contributed by atoms with van der Waals surface area (Å²) < 4.78 is 0. The van der Waals surface area contributed by atoms with E-state index in [-0.39, 0.29) is 17.2 Å². The largest absolute Gasteiger partial charge is 0.350 e. The molecule has 2 rings (SSSR count). The van der Waals surface area contributed by atoms with Crippen LogP contribution in [0.1, 0.15) is 5.56 Å². The van der Waals surface area contributed by atoms with Gasteiger partial charge >= 0.3 is 0 Å². The monoisotopic (exact) mass is 236 g/mol. The fourth-order valence-corrected chi connectivity index (χ4v) is 2.21. The first-order chi connectivity index (χ1) is 7.75. The van der Waals surface area contributed by atoms with E-state index in [1.807, 2.05) is 30.3 Å². The van der Waals surface area contributed by atoms with Crippen LogP contribution in [0.15, 0.2) is 30.3 Å². The minimum Gasteiger partial charge on any atom is -0.350 e. The van der Waals surface area contributed by atoms with E-state index in [0.29, 0.717) is 12.3 Å². The van der Waals surface area contributed by atoms with Gasteiger partial charge in [-0.05, 0) is 5.56 Å². The summed E-state index contributed by atoms with van der Waals surface area (Å²) >= 11 is 1.14. The maximum atomic E-state index is 11.6. The van der Waals surface area contributed by atoms with Crippen LogP contribution in [0.2, 0.25) is 0 Å². The number of hydrogen-bond acceptors (Lipinski definition) is 3. The average molecular weight is 236 g/mol. The highest BCUT2D eigenvalue weighted by Gasteiger charge is 2.27. The molecule has 84 valence electrons. The van der Waals surface area contributed by atoms with Gasteiger partial charge in [0.2, 0.25) is 5.91 Å². The first kappa shape index (κ1) is 11.0. The molecule has 1 fully saturated rings. The zero-order chi connectivity index (χ0) is 11.4. The zero-order valence-electron chi connectivity index (χ0n) is 8.60. The molecule has 5 heteroatoms. The van der Waals surface area contributed by atoms with Crippen molar-refractivity contribution in [1.29, 1.82) is 0 Å². The molecule has 0 bridgehead atoms. The number of carbonyl (C=O) groups excluding carboxylic acids is 2. The van der Waals surface area contributed by atoms with Crippen molar-refractivity contribution in [2.45, 2.75) is 12.6 Å². The summed E-state index contributed by atoms with van der Waals surface area (Å²) in [5.41, 5.74) is 1.05. The summed E-state index contributed by atoms with van der Waals surface area (Å²) in [5, 5.41) is 5.27. The lowest BCUT2D eigenvalue weighted by Gasteiger charge is -2.09. The van der Waals surface area contributed by atoms with Crippen LogP contribution in [-0.4, -0.2) is 22.9 Å². The molecular formula is C11H12N2O2S. The van der Waals surface area contributed by atoms with Gasteiger partial charge in [0.05, 0.1) is 0 Å². The Kier molecular flexibility index (Phi) is 3.46. The van der Waals surface area contributed by atoms with Gasteiger partial charge in [0, 0.05) is 12.3 Å². The maximum absolute atomic E-state index is 11.6. The van der Waals surface area contributed by atoms with Crippen molar-refractivity contribution in [3.8, 4) is 0 Å². The highest BCUT2D eigenvalue weighted by Crippen LogP contribution is 2.12. The molecule has 2 amide bonds. The third-order valence-electron chi connectivity index (χ3n) is 2.30. The number of hydrogen-bond donors (Lipinski definition) is 2. The predicted octanol–water partition coefficient (Wildman–Crippen LogP) is 1.13. The third-order valence-corrected chi connectivity index (χ3v) is 3.18. The lowest BCUT2D eigenvalue weighted by Crippen LogP contribution is -2.42. The highest BCUT2D eigenvalue weighted by atomic mass is 32.2. The minimum absolute atomic E-state index is 0.123. The van der Waals surface area contributed by atoms with Crippen molar-refractivity contribution >= 4 is 22.9 Å². The number of nitrogens with one attached hydrogen (secondary N) is 2. The number of benzene rings is 1. The lowest BCUT2D eigenvalue weighted by molar-refractivity contribution is -0.122.